The fourth-order valence-corrected chi connectivity index (χ4v) is 4.37. The van der Waals surface area contributed by atoms with E-state index in [0.717, 1.165) is 6.42 Å². The van der Waals surface area contributed by atoms with Crippen LogP contribution in [0.5, 0.6) is 0 Å². The first-order valence-electron chi connectivity index (χ1n) is 8.89. The summed E-state index contributed by atoms with van der Waals surface area (Å²) < 4.78 is 27.3. The Bertz CT molecular complexity index is 892. The number of amides is 1. The average Bonchev–Trinajstić information content (AvgIpc) is 2.66. The molecule has 1 heterocycles. The molecule has 138 valence electrons. The highest BCUT2D eigenvalue weighted by molar-refractivity contribution is 7.89. The summed E-state index contributed by atoms with van der Waals surface area (Å²) in [6.07, 6.45) is 1.55. The molecule has 1 aliphatic rings. The Labute approximate surface area is 155 Å². The molecule has 1 amide bonds. The minimum atomic E-state index is -3.55. The Morgan fingerprint density at radius 1 is 1.12 bits per heavy atom. The van der Waals surface area contributed by atoms with Crippen LogP contribution in [0.1, 0.15) is 41.8 Å². The van der Waals surface area contributed by atoms with E-state index < -0.39 is 10.0 Å². The molecule has 26 heavy (non-hydrogen) atoms. The summed E-state index contributed by atoms with van der Waals surface area (Å²) in [6, 6.07) is 14.2. The fraction of sp³-hybridized carbons (Fsp3) is 0.350. The molecular formula is C20H24N2O3S. The summed E-state index contributed by atoms with van der Waals surface area (Å²) >= 11 is 0. The number of carbonyl (C=O) groups is 1. The summed E-state index contributed by atoms with van der Waals surface area (Å²) in [6.45, 7) is 5.01. The molecule has 0 spiro atoms. The van der Waals surface area contributed by atoms with Crippen LogP contribution in [0.4, 0.5) is 0 Å². The highest BCUT2D eigenvalue weighted by atomic mass is 32.2. The zero-order valence-electron chi connectivity index (χ0n) is 15.1. The smallest absolute Gasteiger partial charge is 0.254 e. The summed E-state index contributed by atoms with van der Waals surface area (Å²) in [7, 11) is -3.55. The first-order valence-corrected chi connectivity index (χ1v) is 10.4. The van der Waals surface area contributed by atoms with Gasteiger partial charge in [-0.3, -0.25) is 4.79 Å². The molecule has 1 atom stereocenters. The number of nitrogens with one attached hydrogen (secondary N) is 1. The number of hydrogen-bond donors (Lipinski definition) is 1. The molecule has 0 radical (unpaired) electrons. The van der Waals surface area contributed by atoms with Crippen LogP contribution >= 0.6 is 0 Å². The van der Waals surface area contributed by atoms with Gasteiger partial charge in [-0.15, -0.1) is 0 Å². The lowest BCUT2D eigenvalue weighted by Crippen LogP contribution is -2.36. The largest absolute Gasteiger partial charge is 0.334 e. The van der Waals surface area contributed by atoms with Gasteiger partial charge in [-0.05, 0) is 55.2 Å². The van der Waals surface area contributed by atoms with E-state index in [4.69, 9.17) is 0 Å². The molecule has 1 aliphatic heterocycles. The first-order chi connectivity index (χ1) is 12.4. The molecule has 3 rings (SSSR count). The quantitative estimate of drug-likeness (QED) is 0.877. The lowest BCUT2D eigenvalue weighted by molar-refractivity contribution is 0.0734. The van der Waals surface area contributed by atoms with Crippen molar-refractivity contribution >= 4 is 15.9 Å². The van der Waals surface area contributed by atoms with Crippen LogP contribution < -0.4 is 4.72 Å². The molecular weight excluding hydrogens is 348 g/mol. The Balaban J connectivity index is 1.74. The van der Waals surface area contributed by atoms with Gasteiger partial charge in [0.05, 0.1) is 4.90 Å². The van der Waals surface area contributed by atoms with E-state index in [1.807, 2.05) is 36.9 Å². The van der Waals surface area contributed by atoms with Gasteiger partial charge >= 0.3 is 0 Å². The molecule has 0 aliphatic carbocycles. The molecule has 0 fully saturated rings. The fourth-order valence-electron chi connectivity index (χ4n) is 3.04. The number of rotatable bonds is 5. The molecule has 2 aromatic rings. The van der Waals surface area contributed by atoms with Crippen molar-refractivity contribution in [2.24, 2.45) is 0 Å². The van der Waals surface area contributed by atoms with Gasteiger partial charge in [-0.1, -0.05) is 31.2 Å². The average molecular weight is 372 g/mol. The standard InChI is InChI=1S/C20H24N2O3S/c1-3-15(2)21-26(24,25)19-10-8-17(9-11-19)20(23)22-13-12-16-6-4-5-7-18(16)14-22/h4-11,15,21H,3,12-14H2,1-2H3. The third-order valence-electron chi connectivity index (χ3n) is 4.80. The molecule has 1 unspecified atom stereocenters. The van der Waals surface area contributed by atoms with Gasteiger partial charge < -0.3 is 4.90 Å². The van der Waals surface area contributed by atoms with Crippen LogP contribution in [0.2, 0.25) is 0 Å². The highest BCUT2D eigenvalue weighted by Gasteiger charge is 2.22. The number of hydrogen-bond acceptors (Lipinski definition) is 3. The van der Waals surface area contributed by atoms with Crippen molar-refractivity contribution in [1.29, 1.82) is 0 Å². The van der Waals surface area contributed by atoms with Crippen molar-refractivity contribution in [3.63, 3.8) is 0 Å². The SMILES string of the molecule is CCC(C)NS(=O)(=O)c1ccc(C(=O)N2CCc3ccccc3C2)cc1. The van der Waals surface area contributed by atoms with Gasteiger partial charge in [0.1, 0.15) is 0 Å². The predicted molar refractivity (Wildman–Crippen MR) is 101 cm³/mol. The Morgan fingerprint density at radius 2 is 1.77 bits per heavy atom. The van der Waals surface area contributed by atoms with Crippen LogP contribution in [-0.2, 0) is 23.0 Å². The summed E-state index contributed by atoms with van der Waals surface area (Å²) in [5.74, 6) is -0.0710. The first kappa shape index (κ1) is 18.6. The lowest BCUT2D eigenvalue weighted by atomic mass is 9.99. The van der Waals surface area contributed by atoms with Crippen molar-refractivity contribution in [3.05, 3.63) is 65.2 Å². The van der Waals surface area contributed by atoms with Gasteiger partial charge in [0.15, 0.2) is 0 Å². The van der Waals surface area contributed by atoms with Crippen LogP contribution in [-0.4, -0.2) is 31.8 Å². The van der Waals surface area contributed by atoms with Crippen molar-refractivity contribution < 1.29 is 13.2 Å². The van der Waals surface area contributed by atoms with E-state index in [1.54, 1.807) is 12.1 Å². The van der Waals surface area contributed by atoms with E-state index in [9.17, 15) is 13.2 Å². The van der Waals surface area contributed by atoms with Gasteiger partial charge in [0, 0.05) is 24.7 Å². The number of sulfonamides is 1. The van der Waals surface area contributed by atoms with E-state index >= 15 is 0 Å². The molecule has 6 heteroatoms. The molecule has 0 saturated heterocycles. The van der Waals surface area contributed by atoms with E-state index in [1.165, 1.54) is 23.3 Å². The lowest BCUT2D eigenvalue weighted by Gasteiger charge is -2.29. The van der Waals surface area contributed by atoms with E-state index in [-0.39, 0.29) is 16.8 Å². The molecule has 1 N–H and O–H groups in total. The van der Waals surface area contributed by atoms with E-state index in [0.29, 0.717) is 25.1 Å². The predicted octanol–water partition coefficient (Wildman–Crippen LogP) is 2.96. The maximum absolute atomic E-state index is 12.8. The maximum atomic E-state index is 12.8. The Kier molecular flexibility index (Phi) is 5.44. The number of carbonyl (C=O) groups excluding carboxylic acids is 1. The van der Waals surface area contributed by atoms with Gasteiger partial charge in [-0.25, -0.2) is 13.1 Å². The van der Waals surface area contributed by atoms with Gasteiger partial charge in [0.2, 0.25) is 10.0 Å². The second kappa shape index (κ2) is 7.60. The van der Waals surface area contributed by atoms with Crippen LogP contribution in [0.15, 0.2) is 53.4 Å². The topological polar surface area (TPSA) is 66.5 Å². The third-order valence-corrected chi connectivity index (χ3v) is 6.40. The van der Waals surface area contributed by atoms with Crippen LogP contribution in [0.25, 0.3) is 0 Å². The summed E-state index contributed by atoms with van der Waals surface area (Å²) in [5.41, 5.74) is 2.96. The number of fused-ring (bicyclic) bond motifs is 1. The molecule has 2 aromatic carbocycles. The minimum absolute atomic E-state index is 0.0710. The zero-order chi connectivity index (χ0) is 18.7. The molecule has 5 nitrogen and oxygen atoms in total. The summed E-state index contributed by atoms with van der Waals surface area (Å²) in [5, 5.41) is 0. The highest BCUT2D eigenvalue weighted by Crippen LogP contribution is 2.21. The Morgan fingerprint density at radius 3 is 2.42 bits per heavy atom. The monoisotopic (exact) mass is 372 g/mol. The summed E-state index contributed by atoms with van der Waals surface area (Å²) in [4.78, 5) is 14.7. The number of nitrogens with zero attached hydrogens (tertiary/aromatic N) is 1. The van der Waals surface area contributed by atoms with Gasteiger partial charge in [-0.2, -0.15) is 0 Å². The normalized spacial score (nSPS) is 15.4. The van der Waals surface area contributed by atoms with Crippen LogP contribution in [0, 0.1) is 0 Å². The number of benzene rings is 2. The second-order valence-electron chi connectivity index (χ2n) is 6.70. The third kappa shape index (κ3) is 3.97. The van der Waals surface area contributed by atoms with Gasteiger partial charge in [0.25, 0.3) is 5.91 Å². The van der Waals surface area contributed by atoms with Crippen molar-refractivity contribution in [1.82, 2.24) is 9.62 Å². The molecule has 0 aromatic heterocycles. The van der Waals surface area contributed by atoms with E-state index in [2.05, 4.69) is 10.8 Å². The van der Waals surface area contributed by atoms with Crippen LogP contribution in [0.3, 0.4) is 0 Å². The molecule has 0 saturated carbocycles. The minimum Gasteiger partial charge on any atom is -0.334 e. The zero-order valence-corrected chi connectivity index (χ0v) is 15.9. The van der Waals surface area contributed by atoms with Crippen molar-refractivity contribution in [3.8, 4) is 0 Å². The Hall–Kier alpha value is -2.18. The second-order valence-corrected chi connectivity index (χ2v) is 8.41. The maximum Gasteiger partial charge on any atom is 0.254 e. The van der Waals surface area contributed by atoms with Crippen molar-refractivity contribution in [2.75, 3.05) is 6.54 Å². The van der Waals surface area contributed by atoms with Crippen molar-refractivity contribution in [2.45, 2.75) is 44.2 Å². The molecule has 0 bridgehead atoms.